The van der Waals surface area contributed by atoms with Gasteiger partial charge in [0.2, 0.25) is 0 Å². The van der Waals surface area contributed by atoms with E-state index in [1.807, 2.05) is 54.0 Å². The average Bonchev–Trinajstić information content (AvgIpc) is 2.91. The highest BCUT2D eigenvalue weighted by Gasteiger charge is 2.15. The molecule has 0 saturated heterocycles. The van der Waals surface area contributed by atoms with Gasteiger partial charge in [-0.3, -0.25) is 0 Å². The average molecular weight is 441 g/mol. The van der Waals surface area contributed by atoms with Gasteiger partial charge in [0.05, 0.1) is 0 Å². The zero-order valence-corrected chi connectivity index (χ0v) is 15.9. The van der Waals surface area contributed by atoms with Crippen molar-refractivity contribution in [3.05, 3.63) is 75.9 Å². The number of rotatable bonds is 3. The highest BCUT2D eigenvalue weighted by atomic mass is 127. The van der Waals surface area contributed by atoms with Crippen LogP contribution in [-0.2, 0) is 11.3 Å². The van der Waals surface area contributed by atoms with Gasteiger partial charge in [-0.05, 0) is 65.4 Å². The SMILES string of the molecule is Cc1ccccc1OC(=O)Cn1c2ccccc2c2cc(I)ccc21. The summed E-state index contributed by atoms with van der Waals surface area (Å²) in [5.41, 5.74) is 3.04. The van der Waals surface area contributed by atoms with Crippen LogP contribution < -0.4 is 4.74 Å². The lowest BCUT2D eigenvalue weighted by Crippen LogP contribution is -2.16. The lowest BCUT2D eigenvalue weighted by molar-refractivity contribution is -0.134. The maximum Gasteiger partial charge on any atom is 0.331 e. The molecule has 0 amide bonds. The minimum absolute atomic E-state index is 0.180. The highest BCUT2D eigenvalue weighted by Crippen LogP contribution is 2.30. The molecule has 1 heterocycles. The van der Waals surface area contributed by atoms with E-state index in [2.05, 4.69) is 46.9 Å². The van der Waals surface area contributed by atoms with Crippen molar-refractivity contribution < 1.29 is 9.53 Å². The van der Waals surface area contributed by atoms with Crippen LogP contribution in [0.1, 0.15) is 5.56 Å². The summed E-state index contributed by atoms with van der Waals surface area (Å²) < 4.78 is 8.78. The summed E-state index contributed by atoms with van der Waals surface area (Å²) in [6.45, 7) is 2.12. The Morgan fingerprint density at radius 1 is 0.960 bits per heavy atom. The molecule has 0 aliphatic rings. The normalized spacial score (nSPS) is 11.1. The summed E-state index contributed by atoms with van der Waals surface area (Å²) in [6.07, 6.45) is 0. The molecule has 0 N–H and O–H groups in total. The quantitative estimate of drug-likeness (QED) is 0.245. The first kappa shape index (κ1) is 16.1. The van der Waals surface area contributed by atoms with E-state index in [1.54, 1.807) is 0 Å². The number of para-hydroxylation sites is 2. The maximum atomic E-state index is 12.5. The van der Waals surface area contributed by atoms with Gasteiger partial charge in [-0.15, -0.1) is 0 Å². The third kappa shape index (κ3) is 3.02. The molecule has 3 nitrogen and oxygen atoms in total. The van der Waals surface area contributed by atoms with Crippen molar-refractivity contribution in [2.24, 2.45) is 0 Å². The first-order chi connectivity index (χ1) is 12.1. The van der Waals surface area contributed by atoms with Gasteiger partial charge in [0, 0.05) is 25.4 Å². The molecule has 0 radical (unpaired) electrons. The van der Waals surface area contributed by atoms with Gasteiger partial charge in [0.25, 0.3) is 0 Å². The molecular formula is C21H16INO2. The van der Waals surface area contributed by atoms with E-state index in [9.17, 15) is 4.79 Å². The second-order valence-corrected chi connectivity index (χ2v) is 7.25. The number of nitrogens with zero attached hydrogens (tertiary/aromatic N) is 1. The van der Waals surface area contributed by atoms with Gasteiger partial charge >= 0.3 is 5.97 Å². The largest absolute Gasteiger partial charge is 0.425 e. The third-order valence-corrected chi connectivity index (χ3v) is 5.01. The van der Waals surface area contributed by atoms with E-state index in [1.165, 1.54) is 3.57 Å². The molecule has 0 aliphatic heterocycles. The van der Waals surface area contributed by atoms with Crippen molar-refractivity contribution in [1.29, 1.82) is 0 Å². The number of fused-ring (bicyclic) bond motifs is 3. The Morgan fingerprint density at radius 2 is 1.68 bits per heavy atom. The van der Waals surface area contributed by atoms with Gasteiger partial charge in [-0.25, -0.2) is 4.79 Å². The summed E-state index contributed by atoms with van der Waals surface area (Å²) >= 11 is 2.31. The van der Waals surface area contributed by atoms with Crippen molar-refractivity contribution in [2.45, 2.75) is 13.5 Å². The van der Waals surface area contributed by atoms with Crippen LogP contribution in [0.4, 0.5) is 0 Å². The van der Waals surface area contributed by atoms with E-state index >= 15 is 0 Å². The van der Waals surface area contributed by atoms with Gasteiger partial charge in [-0.2, -0.15) is 0 Å². The zero-order valence-electron chi connectivity index (χ0n) is 13.7. The van der Waals surface area contributed by atoms with E-state index in [-0.39, 0.29) is 12.5 Å². The number of aryl methyl sites for hydroxylation is 1. The molecule has 124 valence electrons. The van der Waals surface area contributed by atoms with Crippen LogP contribution in [0.25, 0.3) is 21.8 Å². The Balaban J connectivity index is 1.75. The Labute approximate surface area is 159 Å². The Kier molecular flexibility index (Phi) is 4.21. The Hall–Kier alpha value is -2.34. The van der Waals surface area contributed by atoms with E-state index in [4.69, 9.17) is 4.74 Å². The first-order valence-corrected chi connectivity index (χ1v) is 9.14. The maximum absolute atomic E-state index is 12.5. The highest BCUT2D eigenvalue weighted by molar-refractivity contribution is 14.1. The molecule has 0 spiro atoms. The second kappa shape index (κ2) is 6.52. The van der Waals surface area contributed by atoms with Crippen LogP contribution in [0.3, 0.4) is 0 Å². The lowest BCUT2D eigenvalue weighted by Gasteiger charge is -2.09. The molecule has 0 saturated carbocycles. The predicted octanol–water partition coefficient (Wildman–Crippen LogP) is 5.31. The molecule has 0 fully saturated rings. The molecule has 4 rings (SSSR count). The van der Waals surface area contributed by atoms with Crippen LogP contribution in [0.15, 0.2) is 66.7 Å². The van der Waals surface area contributed by atoms with E-state index in [0.29, 0.717) is 5.75 Å². The Morgan fingerprint density at radius 3 is 2.52 bits per heavy atom. The molecule has 0 atom stereocenters. The molecule has 0 unspecified atom stereocenters. The topological polar surface area (TPSA) is 31.2 Å². The molecule has 25 heavy (non-hydrogen) atoms. The first-order valence-electron chi connectivity index (χ1n) is 8.06. The molecule has 4 heteroatoms. The molecule has 4 aromatic rings. The van der Waals surface area contributed by atoms with Crippen LogP contribution in [-0.4, -0.2) is 10.5 Å². The summed E-state index contributed by atoms with van der Waals surface area (Å²) in [5.74, 6) is 0.346. The van der Waals surface area contributed by atoms with Crippen LogP contribution in [0, 0.1) is 10.5 Å². The van der Waals surface area contributed by atoms with Crippen LogP contribution in [0.5, 0.6) is 5.75 Å². The van der Waals surface area contributed by atoms with Gasteiger partial charge in [-0.1, -0.05) is 36.4 Å². The number of halogens is 1. The van der Waals surface area contributed by atoms with Crippen LogP contribution >= 0.6 is 22.6 Å². The van der Waals surface area contributed by atoms with E-state index < -0.39 is 0 Å². The van der Waals surface area contributed by atoms with Gasteiger partial charge < -0.3 is 9.30 Å². The molecule has 3 aromatic carbocycles. The lowest BCUT2D eigenvalue weighted by atomic mass is 10.2. The summed E-state index contributed by atoms with van der Waals surface area (Å²) in [5, 5.41) is 2.31. The number of hydrogen-bond acceptors (Lipinski definition) is 2. The zero-order chi connectivity index (χ0) is 17.4. The number of hydrogen-bond donors (Lipinski definition) is 0. The number of carbonyl (C=O) groups is 1. The minimum atomic E-state index is -0.268. The fourth-order valence-corrected chi connectivity index (χ4v) is 3.64. The number of esters is 1. The van der Waals surface area contributed by atoms with Crippen molar-refractivity contribution in [2.75, 3.05) is 0 Å². The van der Waals surface area contributed by atoms with Gasteiger partial charge in [0.15, 0.2) is 0 Å². The standard InChI is InChI=1S/C21H16INO2/c1-14-6-2-5-9-20(14)25-21(24)13-23-18-8-4-3-7-16(18)17-12-15(22)10-11-19(17)23/h2-12H,13H2,1H3. The van der Waals surface area contributed by atoms with Crippen molar-refractivity contribution >= 4 is 50.4 Å². The van der Waals surface area contributed by atoms with Gasteiger partial charge in [0.1, 0.15) is 12.3 Å². The van der Waals surface area contributed by atoms with Crippen molar-refractivity contribution in [1.82, 2.24) is 4.57 Å². The van der Waals surface area contributed by atoms with Crippen molar-refractivity contribution in [3.8, 4) is 5.75 Å². The molecular weight excluding hydrogens is 425 g/mol. The Bertz CT molecular complexity index is 1100. The summed E-state index contributed by atoms with van der Waals surface area (Å²) in [6, 6.07) is 22.0. The second-order valence-electron chi connectivity index (χ2n) is 6.00. The number of benzene rings is 3. The molecule has 0 bridgehead atoms. The monoisotopic (exact) mass is 441 g/mol. The van der Waals surface area contributed by atoms with Crippen molar-refractivity contribution in [3.63, 3.8) is 0 Å². The number of aromatic nitrogens is 1. The molecule has 0 aliphatic carbocycles. The summed E-state index contributed by atoms with van der Waals surface area (Å²) in [4.78, 5) is 12.5. The van der Waals surface area contributed by atoms with Crippen LogP contribution in [0.2, 0.25) is 0 Å². The smallest absolute Gasteiger partial charge is 0.331 e. The summed E-state index contributed by atoms with van der Waals surface area (Å²) in [7, 11) is 0. The number of carbonyl (C=O) groups excluding carboxylic acids is 1. The minimum Gasteiger partial charge on any atom is -0.425 e. The molecule has 1 aromatic heterocycles. The third-order valence-electron chi connectivity index (χ3n) is 4.34. The van der Waals surface area contributed by atoms with E-state index in [0.717, 1.165) is 27.4 Å². The fraction of sp³-hybridized carbons (Fsp3) is 0.0952. The fourth-order valence-electron chi connectivity index (χ4n) is 3.15. The number of ether oxygens (including phenoxy) is 1. The predicted molar refractivity (Wildman–Crippen MR) is 109 cm³/mol.